The van der Waals surface area contributed by atoms with Gasteiger partial charge in [0.05, 0.1) is 29.2 Å². The molecule has 1 aromatic heterocycles. The molecule has 1 atom stereocenters. The Balaban J connectivity index is 1.54. The van der Waals surface area contributed by atoms with E-state index in [0.717, 1.165) is 32.3 Å². The van der Waals surface area contributed by atoms with Crippen molar-refractivity contribution >= 4 is 67.7 Å². The smallest absolute Gasteiger partial charge is 0.376 e. The van der Waals surface area contributed by atoms with Crippen LogP contribution in [0.4, 0.5) is 5.69 Å². The first kappa shape index (κ1) is 28.8. The summed E-state index contributed by atoms with van der Waals surface area (Å²) in [6.45, 7) is 0.867. The fourth-order valence-electron chi connectivity index (χ4n) is 4.53. The molecule has 2 heterocycles. The molecule has 0 amide bonds. The van der Waals surface area contributed by atoms with Gasteiger partial charge >= 0.3 is 17.3 Å². The van der Waals surface area contributed by atoms with Gasteiger partial charge in [0.25, 0.3) is 15.6 Å². The predicted molar refractivity (Wildman–Crippen MR) is 157 cm³/mol. The van der Waals surface area contributed by atoms with Crippen molar-refractivity contribution in [2.24, 2.45) is 0 Å². The number of anilines is 1. The molecular formula is C27H26ClN2O7S3+. The van der Waals surface area contributed by atoms with E-state index in [1.165, 1.54) is 11.8 Å². The number of hydrogen-bond acceptors (Lipinski definition) is 7. The van der Waals surface area contributed by atoms with Crippen LogP contribution in [0.1, 0.15) is 18.7 Å². The Morgan fingerprint density at radius 2 is 1.88 bits per heavy atom. The quantitative estimate of drug-likeness (QED) is 0.0930. The third kappa shape index (κ3) is 6.95. The largest absolute Gasteiger partial charge is 0.398 e. The zero-order valence-corrected chi connectivity index (χ0v) is 24.3. The summed E-state index contributed by atoms with van der Waals surface area (Å²) >= 11 is 5.43. The molecule has 4 aromatic rings. The summed E-state index contributed by atoms with van der Waals surface area (Å²) in [7, 11) is -4.10. The van der Waals surface area contributed by atoms with Crippen LogP contribution in [0.2, 0.25) is 5.02 Å². The summed E-state index contributed by atoms with van der Waals surface area (Å²) in [5.41, 5.74) is 4.42. The maximum atomic E-state index is 11.4. The normalized spacial score (nSPS) is 15.2. The molecule has 210 valence electrons. The second kappa shape index (κ2) is 12.4. The molecule has 0 radical (unpaired) electrons. The molecule has 0 saturated heterocycles. The highest BCUT2D eigenvalue weighted by molar-refractivity contribution is 8.03. The third-order valence-electron chi connectivity index (χ3n) is 6.27. The monoisotopic (exact) mass is 621 g/mol. The number of fused-ring (bicyclic) bond motifs is 2. The van der Waals surface area contributed by atoms with Gasteiger partial charge in [-0.2, -0.15) is 17.2 Å². The zero-order valence-electron chi connectivity index (χ0n) is 21.1. The molecule has 40 heavy (non-hydrogen) atoms. The van der Waals surface area contributed by atoms with Gasteiger partial charge in [-0.05, 0) is 41.8 Å². The number of hydrogen-bond donors (Lipinski definition) is 2. The summed E-state index contributed by atoms with van der Waals surface area (Å²) in [5, 5.41) is 1.35. The molecule has 0 saturated carbocycles. The number of rotatable bonds is 11. The van der Waals surface area contributed by atoms with Crippen LogP contribution < -0.4 is 9.47 Å². The molecule has 13 heteroatoms. The first-order valence-electron chi connectivity index (χ1n) is 12.4. The summed E-state index contributed by atoms with van der Waals surface area (Å²) < 4.78 is 65.0. The Bertz CT molecular complexity index is 1690. The van der Waals surface area contributed by atoms with Crippen LogP contribution in [0, 0.1) is 0 Å². The van der Waals surface area contributed by atoms with Gasteiger partial charge in [-0.25, -0.2) is 0 Å². The van der Waals surface area contributed by atoms with Crippen molar-refractivity contribution in [1.82, 2.24) is 0 Å². The van der Waals surface area contributed by atoms with E-state index >= 15 is 0 Å². The van der Waals surface area contributed by atoms with Gasteiger partial charge in [0.2, 0.25) is 5.58 Å². The molecule has 0 aliphatic carbocycles. The van der Waals surface area contributed by atoms with E-state index in [1.807, 2.05) is 76.2 Å². The predicted octanol–water partition coefficient (Wildman–Crippen LogP) is 5.77. The fourth-order valence-corrected chi connectivity index (χ4v) is 6.54. The number of benzene rings is 3. The van der Waals surface area contributed by atoms with E-state index in [4.69, 9.17) is 24.8 Å². The molecule has 1 unspecified atom stereocenters. The summed E-state index contributed by atoms with van der Waals surface area (Å²) in [6, 6.07) is 21.4. The number of aryl methyl sites for hydroxylation is 1. The molecule has 2 N–H and O–H groups in total. The molecule has 0 fully saturated rings. The Morgan fingerprint density at radius 3 is 2.62 bits per heavy atom. The van der Waals surface area contributed by atoms with Crippen LogP contribution in [-0.4, -0.2) is 40.6 Å². The Labute approximate surface area is 243 Å². The van der Waals surface area contributed by atoms with Crippen molar-refractivity contribution < 1.29 is 34.9 Å². The van der Waals surface area contributed by atoms with Crippen LogP contribution in [-0.2, 0) is 32.2 Å². The lowest BCUT2D eigenvalue weighted by Gasteiger charge is -2.19. The number of oxazole rings is 1. The van der Waals surface area contributed by atoms with Gasteiger partial charge in [0.1, 0.15) is 0 Å². The number of aromatic nitrogens is 1. The lowest BCUT2D eigenvalue weighted by molar-refractivity contribution is -0.678. The Hall–Kier alpha value is -2.71. The van der Waals surface area contributed by atoms with E-state index in [2.05, 4.69) is 0 Å². The van der Waals surface area contributed by atoms with Gasteiger partial charge in [-0.1, -0.05) is 59.8 Å². The Morgan fingerprint density at radius 1 is 1.07 bits per heavy atom. The van der Waals surface area contributed by atoms with E-state index in [1.54, 1.807) is 6.07 Å². The summed E-state index contributed by atoms with van der Waals surface area (Å²) in [4.78, 5) is 2.91. The Kier molecular flexibility index (Phi) is 8.95. The van der Waals surface area contributed by atoms with Crippen molar-refractivity contribution in [3.63, 3.8) is 0 Å². The zero-order chi connectivity index (χ0) is 28.3. The minimum atomic E-state index is -4.10. The average molecular weight is 622 g/mol. The highest BCUT2D eigenvalue weighted by Crippen LogP contribution is 2.47. The average Bonchev–Trinajstić information content (AvgIpc) is 3.43. The third-order valence-corrected chi connectivity index (χ3v) is 8.79. The van der Waals surface area contributed by atoms with Crippen molar-refractivity contribution in [1.29, 1.82) is 0 Å². The van der Waals surface area contributed by atoms with E-state index in [0.29, 0.717) is 36.0 Å². The minimum Gasteiger partial charge on any atom is -0.398 e. The van der Waals surface area contributed by atoms with E-state index in [-0.39, 0.29) is 18.8 Å². The molecule has 1 aliphatic heterocycles. The van der Waals surface area contributed by atoms with Gasteiger partial charge < -0.3 is 9.32 Å². The molecule has 3 aromatic carbocycles. The molecule has 5 rings (SSSR count). The van der Waals surface area contributed by atoms with Crippen molar-refractivity contribution in [3.05, 3.63) is 82.7 Å². The highest BCUT2D eigenvalue weighted by Gasteiger charge is 2.29. The van der Waals surface area contributed by atoms with Gasteiger partial charge in [-0.15, -0.1) is 0 Å². The van der Waals surface area contributed by atoms with Crippen LogP contribution in [0.25, 0.3) is 28.3 Å². The second-order valence-electron chi connectivity index (χ2n) is 9.02. The van der Waals surface area contributed by atoms with Crippen molar-refractivity contribution in [2.45, 2.75) is 24.3 Å². The maximum Gasteiger partial charge on any atom is 0.376 e. The first-order chi connectivity index (χ1) is 19.2. The topological polar surface area (TPSA) is 121 Å². The van der Waals surface area contributed by atoms with Crippen molar-refractivity contribution in [2.75, 3.05) is 23.8 Å². The molecule has 0 spiro atoms. The van der Waals surface area contributed by atoms with Gasteiger partial charge in [0.15, 0.2) is 6.54 Å². The van der Waals surface area contributed by atoms with Crippen LogP contribution in [0.3, 0.4) is 0 Å². The minimum absolute atomic E-state index is 0.0810. The van der Waals surface area contributed by atoms with E-state index < -0.39 is 21.5 Å². The highest BCUT2D eigenvalue weighted by atomic mass is 35.5. The first-order valence-corrected chi connectivity index (χ1v) is 16.2. The second-order valence-corrected chi connectivity index (χ2v) is 12.8. The van der Waals surface area contributed by atoms with Gasteiger partial charge in [0, 0.05) is 29.0 Å². The van der Waals surface area contributed by atoms with Crippen LogP contribution in [0.15, 0.2) is 81.1 Å². The number of thioether (sulfide) groups is 1. The van der Waals surface area contributed by atoms with Crippen LogP contribution in [0.5, 0.6) is 0 Å². The van der Waals surface area contributed by atoms with Gasteiger partial charge in [-0.3, -0.25) is 13.3 Å². The lowest BCUT2D eigenvalue weighted by atomic mass is 10.1. The van der Waals surface area contributed by atoms with Crippen molar-refractivity contribution in [3.8, 4) is 11.1 Å². The molecule has 0 bridgehead atoms. The van der Waals surface area contributed by atoms with Crippen LogP contribution >= 0.6 is 23.4 Å². The lowest BCUT2D eigenvalue weighted by Crippen LogP contribution is -2.36. The number of nitrogens with zero attached hydrogens (tertiary/aromatic N) is 2. The van der Waals surface area contributed by atoms with E-state index in [9.17, 15) is 17.2 Å². The SMILES string of the molecule is O=S(O)OCCC[n+]1c(C=C2Sc3ccc(Cl)cc3N2CCCS(=O)(=O)O)oc2ccc(-c3ccccc3)cc21. The number of halogens is 1. The molecular weight excluding hydrogens is 596 g/mol. The molecule has 9 nitrogen and oxygen atoms in total. The maximum absolute atomic E-state index is 11.4. The fraction of sp³-hybridized carbons (Fsp3) is 0.222. The standard InChI is InChI=1S/C27H25ClN2O7S3/c28-21-9-11-25-23(17-21)30(13-5-15-40(33,34)35)27(38-25)18-26-29(12-4-14-36-39(31)32)22-16-20(8-10-24(22)37-26)19-6-2-1-3-7-19/h1-3,6-11,16-18H,4-5,12-15H2,(H-,31,32,33,34,35)/p+1. The molecule has 1 aliphatic rings. The summed E-state index contributed by atoms with van der Waals surface area (Å²) in [6.07, 6.45) is 2.55. The summed E-state index contributed by atoms with van der Waals surface area (Å²) in [5.74, 6) is 0.183.